The van der Waals surface area contributed by atoms with E-state index in [0.29, 0.717) is 0 Å². The van der Waals surface area contributed by atoms with Gasteiger partial charge in [0.05, 0.1) is 12.2 Å². The van der Waals surface area contributed by atoms with E-state index in [9.17, 15) is 0 Å². The van der Waals surface area contributed by atoms with Crippen LogP contribution < -0.4 is 5.32 Å². The largest absolute Gasteiger partial charge is 0.372 e. The number of hydrogen-bond donors (Lipinski definition) is 1. The van der Waals surface area contributed by atoms with Crippen LogP contribution in [-0.4, -0.2) is 24.3 Å². The Morgan fingerprint density at radius 3 is 2.80 bits per heavy atom. The lowest BCUT2D eigenvalue weighted by molar-refractivity contribution is -0.103. The first-order valence-electron chi connectivity index (χ1n) is 7.60. The molecule has 0 aliphatic carbocycles. The molecular formula is C8H17NO. The molecule has 0 amide bonds. The van der Waals surface area contributed by atoms with Gasteiger partial charge in [-0.2, -0.15) is 0 Å². The summed E-state index contributed by atoms with van der Waals surface area (Å²) >= 11 is 0. The van der Waals surface area contributed by atoms with Gasteiger partial charge in [0, 0.05) is 24.4 Å². The quantitative estimate of drug-likeness (QED) is 0.562. The van der Waals surface area contributed by atoms with E-state index >= 15 is 0 Å². The summed E-state index contributed by atoms with van der Waals surface area (Å²) in [5, 5.41) is 2.40. The molecule has 1 saturated heterocycles. The number of morpholine rings is 1. The van der Waals surface area contributed by atoms with E-state index in [2.05, 4.69) is 5.32 Å². The van der Waals surface area contributed by atoms with Crippen LogP contribution in [0.2, 0.25) is 0 Å². The average Bonchev–Trinajstić information content (AvgIpc) is 2.12. The van der Waals surface area contributed by atoms with E-state index in [0.717, 1.165) is 6.92 Å². The highest BCUT2D eigenvalue weighted by atomic mass is 16.5. The summed E-state index contributed by atoms with van der Waals surface area (Å²) in [6.07, 6.45) is 0. The summed E-state index contributed by atoms with van der Waals surface area (Å²) < 4.78 is 73.0. The molecule has 0 aromatic heterocycles. The fourth-order valence-corrected chi connectivity index (χ4v) is 0.771. The molecule has 1 rings (SSSR count). The average molecular weight is 152 g/mol. The van der Waals surface area contributed by atoms with E-state index in [1.54, 1.807) is 0 Å². The van der Waals surface area contributed by atoms with Crippen molar-refractivity contribution >= 4 is 0 Å². The number of hydrogen-bond acceptors (Lipinski definition) is 2. The Labute approximate surface area is 75.6 Å². The van der Waals surface area contributed by atoms with Crippen molar-refractivity contribution in [1.82, 2.24) is 5.32 Å². The molecule has 60 valence electrons. The van der Waals surface area contributed by atoms with Crippen LogP contribution in [0.25, 0.3) is 0 Å². The topological polar surface area (TPSA) is 21.3 Å². The Morgan fingerprint density at radius 1 is 1.50 bits per heavy atom. The summed E-state index contributed by atoms with van der Waals surface area (Å²) in [5.41, 5.74) is -4.98. The molecule has 0 aromatic rings. The van der Waals surface area contributed by atoms with E-state index in [-0.39, 0.29) is 13.2 Å². The second-order valence-electron chi connectivity index (χ2n) is 2.56. The van der Waals surface area contributed by atoms with E-state index in [1.165, 1.54) is 0 Å². The minimum atomic E-state index is -3.07. The zero-order chi connectivity index (χ0) is 15.3. The second kappa shape index (κ2) is 2.21. The molecule has 1 N–H and O–H groups in total. The first-order chi connectivity index (χ1) is 8.21. The number of nitrogens with one attached hydrogen (secondary N) is 1. The highest BCUT2D eigenvalue weighted by Crippen LogP contribution is 2.27. The van der Waals surface area contributed by atoms with Crippen molar-refractivity contribution in [2.75, 3.05) is 13.2 Å². The Morgan fingerprint density at radius 2 is 2.30 bits per heavy atom. The van der Waals surface area contributed by atoms with Gasteiger partial charge < -0.3 is 10.1 Å². The van der Waals surface area contributed by atoms with Crippen molar-refractivity contribution in [3.8, 4) is 0 Å². The lowest BCUT2D eigenvalue weighted by atomic mass is 9.84. The Hall–Kier alpha value is -0.0800. The lowest BCUT2D eigenvalue weighted by Gasteiger charge is -2.46. The van der Waals surface area contributed by atoms with Gasteiger partial charge in [0.2, 0.25) is 0 Å². The molecule has 0 radical (unpaired) electrons. The zero-order valence-corrected chi connectivity index (χ0v) is 5.82. The van der Waals surface area contributed by atoms with Crippen LogP contribution >= 0.6 is 0 Å². The molecular weight excluding hydrogens is 126 g/mol. The van der Waals surface area contributed by atoms with Gasteiger partial charge in [0.15, 0.2) is 0 Å². The maximum absolute atomic E-state index is 7.55. The molecule has 1 aliphatic heterocycles. The SMILES string of the molecule is [2H]C([2H])([2H])C1(C)OCCNC1(C([2H])([2H])[2H])C([2H])([2H])[2H]. The predicted molar refractivity (Wildman–Crippen MR) is 42.1 cm³/mol. The summed E-state index contributed by atoms with van der Waals surface area (Å²) in [5.74, 6) is 0. The number of rotatable bonds is 0. The molecule has 2 heteroatoms. The second-order valence-corrected chi connectivity index (χ2v) is 2.56. The Balaban J connectivity index is 3.59. The Bertz CT molecular complexity index is 330. The van der Waals surface area contributed by atoms with Crippen LogP contribution in [0, 0.1) is 0 Å². The summed E-state index contributed by atoms with van der Waals surface area (Å²) in [7, 11) is 0. The van der Waals surface area contributed by atoms with Crippen molar-refractivity contribution in [1.29, 1.82) is 0 Å². The first-order valence-corrected chi connectivity index (χ1v) is 3.10. The third-order valence-corrected chi connectivity index (χ3v) is 1.60. The van der Waals surface area contributed by atoms with Crippen molar-refractivity contribution in [2.24, 2.45) is 0 Å². The first kappa shape index (κ1) is 2.20. The minimum Gasteiger partial charge on any atom is -0.372 e. The molecule has 0 spiro atoms. The molecule has 10 heavy (non-hydrogen) atoms. The summed E-state index contributed by atoms with van der Waals surface area (Å²) in [4.78, 5) is 0. The molecule has 1 atom stereocenters. The smallest absolute Gasteiger partial charge is 0.0802 e. The van der Waals surface area contributed by atoms with Gasteiger partial charge in [-0.05, 0) is 27.5 Å². The van der Waals surface area contributed by atoms with E-state index < -0.39 is 31.7 Å². The van der Waals surface area contributed by atoms with Crippen LogP contribution in [0.5, 0.6) is 0 Å². The highest BCUT2D eigenvalue weighted by Gasteiger charge is 2.39. The van der Waals surface area contributed by atoms with Gasteiger partial charge in [-0.3, -0.25) is 0 Å². The van der Waals surface area contributed by atoms with Crippen molar-refractivity contribution in [3.63, 3.8) is 0 Å². The highest BCUT2D eigenvalue weighted by molar-refractivity contribution is 4.97. The van der Waals surface area contributed by atoms with Gasteiger partial charge in [0.25, 0.3) is 0 Å². The maximum atomic E-state index is 7.55. The van der Waals surface area contributed by atoms with E-state index in [1.807, 2.05) is 0 Å². The summed E-state index contributed by atoms with van der Waals surface area (Å²) in [6.45, 7) is -8.12. The van der Waals surface area contributed by atoms with Crippen molar-refractivity contribution < 1.29 is 17.1 Å². The zero-order valence-electron chi connectivity index (χ0n) is 14.8. The maximum Gasteiger partial charge on any atom is 0.0802 e. The molecule has 2 nitrogen and oxygen atoms in total. The molecule has 1 heterocycles. The van der Waals surface area contributed by atoms with Crippen molar-refractivity contribution in [2.45, 2.75) is 38.6 Å². The van der Waals surface area contributed by atoms with Gasteiger partial charge in [-0.25, -0.2) is 0 Å². The van der Waals surface area contributed by atoms with Gasteiger partial charge in [0.1, 0.15) is 0 Å². The van der Waals surface area contributed by atoms with Crippen LogP contribution in [0.3, 0.4) is 0 Å². The standard InChI is InChI=1S/C8H17NO/c1-7(2)8(3,4)10-6-5-9-7/h9H,5-6H2,1-4H3/i1D3,2D3,3D3. The van der Waals surface area contributed by atoms with Crippen LogP contribution in [-0.2, 0) is 4.74 Å². The Kier molecular flexibility index (Phi) is 0.487. The molecule has 0 aromatic carbocycles. The molecule has 0 saturated carbocycles. The fourth-order valence-electron chi connectivity index (χ4n) is 0.771. The fraction of sp³-hybridized carbons (Fsp3) is 1.00. The number of ether oxygens (including phenoxy) is 1. The molecule has 1 fully saturated rings. The minimum absolute atomic E-state index is 0.0392. The van der Waals surface area contributed by atoms with E-state index in [4.69, 9.17) is 17.1 Å². The third-order valence-electron chi connectivity index (χ3n) is 1.60. The summed E-state index contributed by atoms with van der Waals surface area (Å²) in [6, 6.07) is 0. The monoisotopic (exact) mass is 152 g/mol. The van der Waals surface area contributed by atoms with Gasteiger partial charge in [-0.15, -0.1) is 0 Å². The van der Waals surface area contributed by atoms with Gasteiger partial charge in [-0.1, -0.05) is 0 Å². The predicted octanol–water partition coefficient (Wildman–Crippen LogP) is 1.16. The van der Waals surface area contributed by atoms with Crippen LogP contribution in [0.15, 0.2) is 0 Å². The van der Waals surface area contributed by atoms with Crippen molar-refractivity contribution in [3.05, 3.63) is 0 Å². The molecule has 0 bridgehead atoms. The molecule has 1 unspecified atom stereocenters. The third kappa shape index (κ3) is 1.18. The molecule has 1 aliphatic rings. The van der Waals surface area contributed by atoms with Gasteiger partial charge >= 0.3 is 0 Å². The lowest BCUT2D eigenvalue weighted by Crippen LogP contribution is -2.62. The van der Waals surface area contributed by atoms with Crippen LogP contribution in [0.1, 0.15) is 39.8 Å². The normalized spacial score (nSPS) is 56.7. The van der Waals surface area contributed by atoms with Crippen LogP contribution in [0.4, 0.5) is 0 Å².